The minimum Gasteiger partial charge on any atom is -0.494 e. The van der Waals surface area contributed by atoms with Gasteiger partial charge in [0.05, 0.1) is 36.4 Å². The molecule has 1 fully saturated rings. The standard InChI is InChI=1S/C24H21F4N7O/c1-36-18-11-29-10-17-20(18)24(35-7-6-30-14(9-25)12-35)34-23(32-17)13-4-5-31-19(8-13)33-22-16(27)3-2-15(26)21(22)28/h2-5,8,10-11,14,30H,6-7,9,12H2,1H3,(H,31,33). The van der Waals surface area contributed by atoms with Crippen LogP contribution in [0.1, 0.15) is 0 Å². The molecule has 3 aromatic heterocycles. The Morgan fingerprint density at radius 3 is 2.78 bits per heavy atom. The monoisotopic (exact) mass is 499 g/mol. The first-order chi connectivity index (χ1) is 17.5. The van der Waals surface area contributed by atoms with Crippen LogP contribution in [0.2, 0.25) is 0 Å². The molecule has 1 saturated heterocycles. The highest BCUT2D eigenvalue weighted by atomic mass is 19.2. The Hall–Kier alpha value is -4.06. The van der Waals surface area contributed by atoms with Crippen molar-refractivity contribution in [3.8, 4) is 17.1 Å². The van der Waals surface area contributed by atoms with E-state index in [-0.39, 0.29) is 17.7 Å². The van der Waals surface area contributed by atoms with Gasteiger partial charge in [-0.3, -0.25) is 4.98 Å². The third-order valence-corrected chi connectivity index (χ3v) is 5.83. The van der Waals surface area contributed by atoms with Gasteiger partial charge in [-0.1, -0.05) is 0 Å². The van der Waals surface area contributed by atoms with E-state index >= 15 is 0 Å². The maximum absolute atomic E-state index is 14.2. The van der Waals surface area contributed by atoms with Crippen LogP contribution in [0.4, 0.5) is 34.9 Å². The topological polar surface area (TPSA) is 88.1 Å². The summed E-state index contributed by atoms with van der Waals surface area (Å²) in [5.74, 6) is -2.16. The molecule has 0 radical (unpaired) electrons. The molecule has 36 heavy (non-hydrogen) atoms. The predicted octanol–water partition coefficient (Wildman–Crippen LogP) is 4.00. The summed E-state index contributed by atoms with van der Waals surface area (Å²) in [6, 6.07) is 4.29. The third-order valence-electron chi connectivity index (χ3n) is 5.83. The van der Waals surface area contributed by atoms with E-state index in [0.29, 0.717) is 53.7 Å². The molecule has 0 aliphatic carbocycles. The first-order valence-electron chi connectivity index (χ1n) is 11.1. The van der Waals surface area contributed by atoms with Crippen LogP contribution in [0.25, 0.3) is 22.3 Å². The summed E-state index contributed by atoms with van der Waals surface area (Å²) in [4.78, 5) is 19.6. The number of hydrogen-bond donors (Lipinski definition) is 2. The van der Waals surface area contributed by atoms with Gasteiger partial charge in [-0.2, -0.15) is 0 Å². The lowest BCUT2D eigenvalue weighted by molar-refractivity contribution is 0.352. The molecule has 1 atom stereocenters. The second kappa shape index (κ2) is 9.90. The second-order valence-corrected chi connectivity index (χ2v) is 8.13. The average Bonchev–Trinajstić information content (AvgIpc) is 2.92. The molecule has 8 nitrogen and oxygen atoms in total. The zero-order valence-electron chi connectivity index (χ0n) is 19.1. The Labute approximate surface area is 203 Å². The predicted molar refractivity (Wildman–Crippen MR) is 127 cm³/mol. The van der Waals surface area contributed by atoms with Crippen molar-refractivity contribution in [2.24, 2.45) is 0 Å². The van der Waals surface area contributed by atoms with Gasteiger partial charge in [-0.05, 0) is 24.3 Å². The first kappa shape index (κ1) is 23.7. The number of anilines is 3. The molecule has 2 N–H and O–H groups in total. The summed E-state index contributed by atoms with van der Waals surface area (Å²) >= 11 is 0. The van der Waals surface area contributed by atoms with Crippen molar-refractivity contribution in [3.63, 3.8) is 0 Å². The van der Waals surface area contributed by atoms with Crippen molar-refractivity contribution < 1.29 is 22.3 Å². The average molecular weight is 499 g/mol. The molecule has 5 rings (SSSR count). The molecule has 1 aliphatic rings. The summed E-state index contributed by atoms with van der Waals surface area (Å²) in [7, 11) is 1.52. The lowest BCUT2D eigenvalue weighted by Gasteiger charge is -2.34. The van der Waals surface area contributed by atoms with Gasteiger partial charge in [0.1, 0.15) is 35.6 Å². The molecular weight excluding hydrogens is 478 g/mol. The number of benzene rings is 1. The summed E-state index contributed by atoms with van der Waals surface area (Å²) in [5.41, 5.74) is 0.317. The number of methoxy groups -OCH3 is 1. The molecule has 0 bridgehead atoms. The van der Waals surface area contributed by atoms with E-state index in [0.717, 1.165) is 6.07 Å². The first-order valence-corrected chi connectivity index (χ1v) is 11.1. The highest BCUT2D eigenvalue weighted by Gasteiger charge is 2.25. The number of rotatable bonds is 6. The Balaban J connectivity index is 1.59. The lowest BCUT2D eigenvalue weighted by atomic mass is 10.1. The number of pyridine rings is 2. The minimum absolute atomic E-state index is 0.0598. The Morgan fingerprint density at radius 1 is 1.14 bits per heavy atom. The van der Waals surface area contributed by atoms with E-state index in [2.05, 4.69) is 25.6 Å². The largest absolute Gasteiger partial charge is 0.494 e. The van der Waals surface area contributed by atoms with Crippen molar-refractivity contribution in [2.45, 2.75) is 6.04 Å². The van der Waals surface area contributed by atoms with Gasteiger partial charge in [0, 0.05) is 31.4 Å². The fourth-order valence-corrected chi connectivity index (χ4v) is 4.08. The van der Waals surface area contributed by atoms with Crippen LogP contribution >= 0.6 is 0 Å². The number of piperazine rings is 1. The highest BCUT2D eigenvalue weighted by molar-refractivity contribution is 5.95. The molecule has 186 valence electrons. The Bertz CT molecular complexity index is 1420. The Morgan fingerprint density at radius 2 is 1.97 bits per heavy atom. The summed E-state index contributed by atoms with van der Waals surface area (Å²) in [5, 5.41) is 6.25. The molecule has 12 heteroatoms. The molecular formula is C24H21F4N7O. The van der Waals surface area contributed by atoms with Crippen LogP contribution in [-0.2, 0) is 0 Å². The van der Waals surface area contributed by atoms with E-state index in [1.54, 1.807) is 18.5 Å². The zero-order valence-corrected chi connectivity index (χ0v) is 19.1. The summed E-state index contributed by atoms with van der Waals surface area (Å²) in [6.07, 6.45) is 4.53. The molecule has 1 aliphatic heterocycles. The number of halogens is 4. The third kappa shape index (κ3) is 4.47. The number of hydrogen-bond acceptors (Lipinski definition) is 8. The molecule has 0 amide bonds. The normalized spacial score (nSPS) is 15.8. The van der Waals surface area contributed by atoms with Crippen molar-refractivity contribution in [1.82, 2.24) is 25.3 Å². The quantitative estimate of drug-likeness (QED) is 0.304. The number of ether oxygens (including phenoxy) is 1. The highest BCUT2D eigenvalue weighted by Crippen LogP contribution is 2.34. The van der Waals surface area contributed by atoms with Crippen LogP contribution in [0, 0.1) is 17.5 Å². The zero-order chi connectivity index (χ0) is 25.2. The number of alkyl halides is 1. The van der Waals surface area contributed by atoms with Gasteiger partial charge in [0.25, 0.3) is 0 Å². The van der Waals surface area contributed by atoms with Crippen LogP contribution in [-0.4, -0.2) is 59.4 Å². The molecule has 1 unspecified atom stereocenters. The Kier molecular flexibility index (Phi) is 6.51. The van der Waals surface area contributed by atoms with Crippen LogP contribution in [0.5, 0.6) is 5.75 Å². The van der Waals surface area contributed by atoms with Crippen LogP contribution in [0.3, 0.4) is 0 Å². The number of fused-ring (bicyclic) bond motifs is 1. The van der Waals surface area contributed by atoms with Gasteiger partial charge >= 0.3 is 0 Å². The van der Waals surface area contributed by atoms with Crippen molar-refractivity contribution in [3.05, 3.63) is 60.3 Å². The number of nitrogens with one attached hydrogen (secondary N) is 2. The fourth-order valence-electron chi connectivity index (χ4n) is 4.08. The van der Waals surface area contributed by atoms with E-state index in [4.69, 9.17) is 9.72 Å². The van der Waals surface area contributed by atoms with Crippen LogP contribution < -0.4 is 20.3 Å². The van der Waals surface area contributed by atoms with Gasteiger partial charge in [0.15, 0.2) is 17.5 Å². The number of aromatic nitrogens is 4. The smallest absolute Gasteiger partial charge is 0.185 e. The van der Waals surface area contributed by atoms with Crippen molar-refractivity contribution in [2.75, 3.05) is 43.6 Å². The van der Waals surface area contributed by atoms with E-state index in [1.165, 1.54) is 19.4 Å². The minimum atomic E-state index is -1.36. The van der Waals surface area contributed by atoms with E-state index in [9.17, 15) is 17.6 Å². The van der Waals surface area contributed by atoms with Gasteiger partial charge in [0.2, 0.25) is 0 Å². The summed E-state index contributed by atoms with van der Waals surface area (Å²) < 4.78 is 60.8. The van der Waals surface area contributed by atoms with Gasteiger partial charge < -0.3 is 20.3 Å². The molecule has 1 aromatic carbocycles. The van der Waals surface area contributed by atoms with Gasteiger partial charge in [-0.25, -0.2) is 32.5 Å². The molecule has 0 spiro atoms. The molecule has 0 saturated carbocycles. The van der Waals surface area contributed by atoms with E-state index < -0.39 is 29.8 Å². The summed E-state index contributed by atoms with van der Waals surface area (Å²) in [6.45, 7) is 0.998. The van der Waals surface area contributed by atoms with E-state index in [1.807, 2.05) is 4.90 Å². The lowest BCUT2D eigenvalue weighted by Crippen LogP contribution is -2.52. The maximum atomic E-state index is 14.2. The maximum Gasteiger partial charge on any atom is 0.185 e. The van der Waals surface area contributed by atoms with Crippen molar-refractivity contribution >= 4 is 28.2 Å². The fraction of sp³-hybridized carbons (Fsp3) is 0.250. The molecule has 4 heterocycles. The van der Waals surface area contributed by atoms with Crippen molar-refractivity contribution in [1.29, 1.82) is 0 Å². The SMILES string of the molecule is COc1cncc2nc(-c3ccnc(Nc4c(F)ccc(F)c4F)c3)nc(N3CCNC(CF)C3)c12. The number of nitrogens with zero attached hydrogens (tertiary/aromatic N) is 5. The second-order valence-electron chi connectivity index (χ2n) is 8.13. The van der Waals surface area contributed by atoms with Gasteiger partial charge in [-0.15, -0.1) is 0 Å². The molecule has 4 aromatic rings. The van der Waals surface area contributed by atoms with Crippen LogP contribution in [0.15, 0.2) is 42.9 Å².